The van der Waals surface area contributed by atoms with E-state index in [1.165, 1.54) is 0 Å². The van der Waals surface area contributed by atoms with Gasteiger partial charge in [-0.3, -0.25) is 4.98 Å². The fraction of sp³-hybridized carbons (Fsp3) is 0.211. The van der Waals surface area contributed by atoms with E-state index in [2.05, 4.69) is 10.3 Å². The molecule has 0 atom stereocenters. The number of nitrogens with zero attached hydrogens (tertiary/aromatic N) is 1. The van der Waals surface area contributed by atoms with Crippen molar-refractivity contribution in [1.82, 2.24) is 4.98 Å². The van der Waals surface area contributed by atoms with Gasteiger partial charge in [-0.1, -0.05) is 12.1 Å². The van der Waals surface area contributed by atoms with Crippen molar-refractivity contribution >= 4 is 22.3 Å². The zero-order chi connectivity index (χ0) is 16.2. The van der Waals surface area contributed by atoms with Gasteiger partial charge < -0.3 is 27.2 Å². The van der Waals surface area contributed by atoms with Crippen molar-refractivity contribution in [2.45, 2.75) is 13.8 Å². The van der Waals surface area contributed by atoms with E-state index in [0.717, 1.165) is 39.5 Å². The topological polar surface area (TPSA) is 43.4 Å². The van der Waals surface area contributed by atoms with Crippen molar-refractivity contribution in [3.63, 3.8) is 0 Å². The predicted molar refractivity (Wildman–Crippen MR) is 93.9 cm³/mol. The van der Waals surface area contributed by atoms with Crippen LogP contribution in [0, 0.1) is 6.92 Å². The van der Waals surface area contributed by atoms with Gasteiger partial charge in [0.15, 0.2) is 0 Å². The summed E-state index contributed by atoms with van der Waals surface area (Å²) in [4.78, 5) is 4.59. The van der Waals surface area contributed by atoms with E-state index in [0.29, 0.717) is 6.61 Å². The quantitative estimate of drug-likeness (QED) is 0.766. The lowest BCUT2D eigenvalue weighted by Gasteiger charge is -2.15. The van der Waals surface area contributed by atoms with Gasteiger partial charge in [0.2, 0.25) is 0 Å². The van der Waals surface area contributed by atoms with Gasteiger partial charge in [0.1, 0.15) is 11.5 Å². The Bertz CT molecular complexity index is 837. The summed E-state index contributed by atoms with van der Waals surface area (Å²) in [5, 5.41) is 4.49. The van der Waals surface area contributed by atoms with Crippen molar-refractivity contribution in [2.75, 3.05) is 19.0 Å². The minimum Gasteiger partial charge on any atom is -1.00 e. The molecule has 0 saturated carbocycles. The molecule has 0 radical (unpaired) electrons. The normalized spacial score (nSPS) is 10.1. The molecule has 3 rings (SSSR count). The molecule has 126 valence electrons. The molecule has 1 aromatic heterocycles. The van der Waals surface area contributed by atoms with E-state index in [1.807, 2.05) is 62.4 Å². The maximum Gasteiger partial charge on any atom is 0.142 e. The Morgan fingerprint density at radius 1 is 1.04 bits per heavy atom. The van der Waals surface area contributed by atoms with Crippen molar-refractivity contribution in [2.24, 2.45) is 0 Å². The lowest BCUT2D eigenvalue weighted by molar-refractivity contribution is -0.00000558. The van der Waals surface area contributed by atoms with Crippen LogP contribution < -0.4 is 27.2 Å². The van der Waals surface area contributed by atoms with E-state index in [4.69, 9.17) is 9.47 Å². The number of pyridine rings is 1. The zero-order valence-electron chi connectivity index (χ0n) is 14.0. The average molecular weight is 344 g/mol. The fourth-order valence-corrected chi connectivity index (χ4v) is 2.56. The molecule has 0 unspecified atom stereocenters. The average Bonchev–Trinajstić information content (AvgIpc) is 2.56. The highest BCUT2D eigenvalue weighted by atomic mass is 35.5. The van der Waals surface area contributed by atoms with Crippen LogP contribution in [-0.2, 0) is 0 Å². The van der Waals surface area contributed by atoms with Crippen LogP contribution in [0.2, 0.25) is 0 Å². The van der Waals surface area contributed by atoms with Crippen LogP contribution in [0.25, 0.3) is 10.9 Å². The highest BCUT2D eigenvalue weighted by Crippen LogP contribution is 2.33. The third kappa shape index (κ3) is 3.71. The van der Waals surface area contributed by atoms with Gasteiger partial charge in [-0.2, -0.15) is 0 Å². The van der Waals surface area contributed by atoms with Gasteiger partial charge in [0.05, 0.1) is 24.9 Å². The zero-order valence-corrected chi connectivity index (χ0v) is 14.7. The van der Waals surface area contributed by atoms with Gasteiger partial charge in [-0.15, -0.1) is 0 Å². The van der Waals surface area contributed by atoms with Gasteiger partial charge in [0.25, 0.3) is 0 Å². The number of methoxy groups -OCH3 is 1. The molecular formula is C19H20ClN2O2-. The number of hydrogen-bond donors (Lipinski definition) is 1. The number of hydrogen-bond acceptors (Lipinski definition) is 4. The Balaban J connectivity index is 0.00000208. The summed E-state index contributed by atoms with van der Waals surface area (Å²) in [5.74, 6) is 1.64. The first kappa shape index (κ1) is 17.9. The van der Waals surface area contributed by atoms with Crippen LogP contribution in [0.5, 0.6) is 11.5 Å². The summed E-state index contributed by atoms with van der Waals surface area (Å²) < 4.78 is 11.0. The number of aromatic nitrogens is 1. The maximum absolute atomic E-state index is 5.69. The lowest BCUT2D eigenvalue weighted by Crippen LogP contribution is -3.00. The molecule has 0 aliphatic heterocycles. The Labute approximate surface area is 148 Å². The van der Waals surface area contributed by atoms with E-state index in [9.17, 15) is 0 Å². The van der Waals surface area contributed by atoms with E-state index >= 15 is 0 Å². The largest absolute Gasteiger partial charge is 1.00 e. The Hall–Kier alpha value is -2.46. The maximum atomic E-state index is 5.69. The third-order valence-corrected chi connectivity index (χ3v) is 3.60. The van der Waals surface area contributed by atoms with Crippen LogP contribution in [0.1, 0.15) is 12.6 Å². The number of anilines is 2. The summed E-state index contributed by atoms with van der Waals surface area (Å²) in [5.41, 5.74) is 3.81. The number of fused-ring (bicyclic) bond motifs is 1. The van der Waals surface area contributed by atoms with Crippen LogP contribution in [0.4, 0.5) is 11.4 Å². The molecule has 3 aromatic rings. The van der Waals surface area contributed by atoms with E-state index in [1.54, 1.807) is 7.11 Å². The van der Waals surface area contributed by atoms with Gasteiger partial charge in [0, 0.05) is 16.8 Å². The number of benzene rings is 2. The molecule has 0 saturated heterocycles. The summed E-state index contributed by atoms with van der Waals surface area (Å²) in [6, 6.07) is 15.8. The molecule has 0 amide bonds. The number of rotatable bonds is 5. The smallest absolute Gasteiger partial charge is 0.142 e. The second-order valence-corrected chi connectivity index (χ2v) is 5.25. The number of para-hydroxylation sites is 2. The summed E-state index contributed by atoms with van der Waals surface area (Å²) in [6.45, 7) is 4.60. The molecule has 0 bridgehead atoms. The monoisotopic (exact) mass is 343 g/mol. The standard InChI is InChI=1S/C19H20N2O2.ClH/c1-4-23-19-8-6-5-7-17(19)21-18-11-13(2)20-16-10-9-14(22-3)12-15(16)18;/h5-12H,4H2,1-3H3,(H,20,21);1H/p-1. The minimum absolute atomic E-state index is 0. The minimum atomic E-state index is 0. The van der Waals surface area contributed by atoms with Crippen LogP contribution in [0.3, 0.4) is 0 Å². The molecule has 1 heterocycles. The molecular weight excluding hydrogens is 324 g/mol. The molecule has 0 aliphatic rings. The predicted octanol–water partition coefficient (Wildman–Crippen LogP) is 1.70. The molecule has 5 heteroatoms. The van der Waals surface area contributed by atoms with Crippen molar-refractivity contribution < 1.29 is 21.9 Å². The molecule has 0 aliphatic carbocycles. The highest BCUT2D eigenvalue weighted by Gasteiger charge is 2.09. The van der Waals surface area contributed by atoms with Gasteiger partial charge >= 0.3 is 0 Å². The highest BCUT2D eigenvalue weighted by molar-refractivity contribution is 5.94. The van der Waals surface area contributed by atoms with Crippen LogP contribution in [-0.4, -0.2) is 18.7 Å². The number of aryl methyl sites for hydroxylation is 1. The third-order valence-electron chi connectivity index (χ3n) is 3.60. The lowest BCUT2D eigenvalue weighted by atomic mass is 10.1. The molecule has 24 heavy (non-hydrogen) atoms. The first-order chi connectivity index (χ1) is 11.2. The Morgan fingerprint density at radius 3 is 2.58 bits per heavy atom. The first-order valence-corrected chi connectivity index (χ1v) is 7.65. The molecule has 0 fully saturated rings. The van der Waals surface area contributed by atoms with Crippen LogP contribution >= 0.6 is 0 Å². The number of nitrogens with one attached hydrogen (secondary N) is 1. The second kappa shape index (κ2) is 7.88. The number of halogens is 1. The van der Waals surface area contributed by atoms with Gasteiger partial charge in [-0.05, 0) is 50.2 Å². The fourth-order valence-electron chi connectivity index (χ4n) is 2.56. The Morgan fingerprint density at radius 2 is 1.83 bits per heavy atom. The molecule has 4 nitrogen and oxygen atoms in total. The Kier molecular flexibility index (Phi) is 5.88. The summed E-state index contributed by atoms with van der Waals surface area (Å²) in [6.07, 6.45) is 0. The van der Waals surface area contributed by atoms with Crippen LogP contribution in [0.15, 0.2) is 48.5 Å². The van der Waals surface area contributed by atoms with E-state index < -0.39 is 0 Å². The SMILES string of the molecule is CCOc1ccccc1Nc1cc(C)nc2ccc(OC)cc12.[Cl-]. The molecule has 2 aromatic carbocycles. The van der Waals surface area contributed by atoms with Gasteiger partial charge in [-0.25, -0.2) is 0 Å². The van der Waals surface area contributed by atoms with Crippen molar-refractivity contribution in [1.29, 1.82) is 0 Å². The number of ether oxygens (including phenoxy) is 2. The molecule has 1 N–H and O–H groups in total. The van der Waals surface area contributed by atoms with Crippen molar-refractivity contribution in [3.8, 4) is 11.5 Å². The van der Waals surface area contributed by atoms with Crippen molar-refractivity contribution in [3.05, 3.63) is 54.2 Å². The van der Waals surface area contributed by atoms with E-state index in [-0.39, 0.29) is 12.4 Å². The first-order valence-electron chi connectivity index (χ1n) is 7.65. The summed E-state index contributed by atoms with van der Waals surface area (Å²) in [7, 11) is 1.67. The molecule has 0 spiro atoms. The summed E-state index contributed by atoms with van der Waals surface area (Å²) >= 11 is 0. The second-order valence-electron chi connectivity index (χ2n) is 5.25.